The van der Waals surface area contributed by atoms with Gasteiger partial charge in [-0.25, -0.2) is 13.7 Å². The lowest BCUT2D eigenvalue weighted by Crippen LogP contribution is -2.41. The minimum absolute atomic E-state index is 0.0809. The number of nitrogens with zero attached hydrogens (tertiary/aromatic N) is 3. The number of pyridine rings is 1. The van der Waals surface area contributed by atoms with E-state index in [1.165, 1.54) is 6.07 Å². The molecule has 1 aliphatic rings. The van der Waals surface area contributed by atoms with Crippen LogP contribution in [-0.4, -0.2) is 69.9 Å². The molecule has 0 bridgehead atoms. The molecule has 3 heterocycles. The Labute approximate surface area is 193 Å². The number of hydrogen-bond donors (Lipinski definition) is 8. The van der Waals surface area contributed by atoms with E-state index < -0.39 is 65.2 Å². The van der Waals surface area contributed by atoms with Gasteiger partial charge in [0.05, 0.1) is 18.2 Å². The third-order valence-corrected chi connectivity index (χ3v) is 8.29. The zero-order valence-corrected chi connectivity index (χ0v) is 19.5. The van der Waals surface area contributed by atoms with E-state index in [0.717, 1.165) is 6.20 Å². The lowest BCUT2D eigenvalue weighted by atomic mass is 9.90. The second-order valence-corrected chi connectivity index (χ2v) is 11.3. The molecule has 0 saturated carbocycles. The molecule has 0 amide bonds. The fraction of sp³-hybridized carbons (Fsp3) is 0.385. The predicted octanol–water partition coefficient (Wildman–Crippen LogP) is -1.92. The van der Waals surface area contributed by atoms with E-state index in [2.05, 4.69) is 28.3 Å². The third kappa shape index (κ3) is 5.82. The van der Waals surface area contributed by atoms with Crippen LogP contribution in [0, 0.1) is 11.3 Å². The van der Waals surface area contributed by atoms with Crippen molar-refractivity contribution in [3.8, 4) is 6.07 Å². The highest BCUT2D eigenvalue weighted by Crippen LogP contribution is 2.66. The van der Waals surface area contributed by atoms with E-state index in [9.17, 15) is 43.8 Å². The first-order chi connectivity index (χ1) is 16.0. The van der Waals surface area contributed by atoms with Crippen molar-refractivity contribution >= 4 is 40.1 Å². The first kappa shape index (κ1) is 27.5. The van der Waals surface area contributed by atoms with E-state index in [1.54, 1.807) is 6.07 Å². The average molecular weight is 559 g/mol. The first-order valence-corrected chi connectivity index (χ1v) is 13.4. The van der Waals surface area contributed by atoms with Gasteiger partial charge in [-0.3, -0.25) is 9.32 Å². The summed E-state index contributed by atoms with van der Waals surface area (Å²) in [6.45, 7) is -1.17. The number of phosphoric ester groups is 1. The van der Waals surface area contributed by atoms with Crippen molar-refractivity contribution in [1.82, 2.24) is 15.2 Å². The first-order valence-electron chi connectivity index (χ1n) is 8.88. The summed E-state index contributed by atoms with van der Waals surface area (Å²) >= 11 is 0. The van der Waals surface area contributed by atoms with Crippen LogP contribution in [0.3, 0.4) is 0 Å². The number of phosphoric acid groups is 3. The van der Waals surface area contributed by atoms with Gasteiger partial charge in [0.25, 0.3) is 5.56 Å². The number of H-pyrrole nitrogens is 1. The molecular weight excluding hydrogens is 543 g/mol. The zero-order valence-electron chi connectivity index (χ0n) is 16.8. The van der Waals surface area contributed by atoms with Crippen molar-refractivity contribution in [2.75, 3.05) is 12.3 Å². The lowest BCUT2D eigenvalue weighted by molar-refractivity contribution is -0.0621. The molecule has 19 nitrogen and oxygen atoms in total. The van der Waals surface area contributed by atoms with Gasteiger partial charge in [-0.1, -0.05) is 0 Å². The molecule has 1 aliphatic heterocycles. The Bertz CT molecular complexity index is 1390. The Kier molecular flexibility index (Phi) is 7.37. The maximum absolute atomic E-state index is 12.1. The fourth-order valence-electron chi connectivity index (χ4n) is 3.15. The molecule has 0 radical (unpaired) electrons. The number of aliphatic hydroxyl groups is 2. The van der Waals surface area contributed by atoms with E-state index in [1.807, 2.05) is 0 Å². The van der Waals surface area contributed by atoms with Gasteiger partial charge in [-0.15, -0.1) is 0 Å². The van der Waals surface area contributed by atoms with Crippen LogP contribution in [0.4, 0.5) is 5.82 Å². The summed E-state index contributed by atoms with van der Waals surface area (Å²) in [5.41, 5.74) is 1.95. The third-order valence-electron chi connectivity index (χ3n) is 4.49. The normalized spacial score (nSPS) is 28.3. The predicted molar refractivity (Wildman–Crippen MR) is 109 cm³/mol. The molecule has 2 aromatic heterocycles. The highest BCUT2D eigenvalue weighted by Gasteiger charge is 2.58. The summed E-state index contributed by atoms with van der Waals surface area (Å²) in [7, 11) is -17.0. The second kappa shape index (κ2) is 9.39. The van der Waals surface area contributed by atoms with Gasteiger partial charge in [-0.2, -0.15) is 24.1 Å². The summed E-state index contributed by atoms with van der Waals surface area (Å²) in [6.07, 6.45) is -4.85. The van der Waals surface area contributed by atoms with Crippen LogP contribution >= 0.6 is 23.5 Å². The van der Waals surface area contributed by atoms with Crippen molar-refractivity contribution in [2.24, 2.45) is 0 Å². The number of aromatic nitrogens is 3. The number of aliphatic hydroxyl groups excluding tert-OH is 2. The molecule has 0 aliphatic carbocycles. The molecular formula is C13H16N5O14P3. The number of nitrogens with one attached hydrogen (secondary N) is 1. The average Bonchev–Trinajstić information content (AvgIpc) is 2.94. The van der Waals surface area contributed by atoms with Crippen LogP contribution in [0.15, 0.2) is 17.1 Å². The van der Waals surface area contributed by atoms with Crippen LogP contribution in [-0.2, 0) is 37.2 Å². The number of anilines is 1. The number of ether oxygens (including phenoxy) is 1. The van der Waals surface area contributed by atoms with Gasteiger partial charge < -0.3 is 45.2 Å². The molecule has 2 unspecified atom stereocenters. The summed E-state index contributed by atoms with van der Waals surface area (Å²) in [5, 5.41) is 37.8. The topological polar surface area (TPSA) is 318 Å². The van der Waals surface area contributed by atoms with Crippen LogP contribution < -0.4 is 11.3 Å². The summed E-state index contributed by atoms with van der Waals surface area (Å²) in [5.74, 6) is -0.151. The summed E-state index contributed by atoms with van der Waals surface area (Å²) < 4.78 is 50.9. The fourth-order valence-corrected chi connectivity index (χ4v) is 6.18. The maximum atomic E-state index is 12.1. The van der Waals surface area contributed by atoms with Crippen LogP contribution in [0.5, 0.6) is 0 Å². The highest BCUT2D eigenvalue weighted by atomic mass is 31.3. The summed E-state index contributed by atoms with van der Waals surface area (Å²) in [6, 6.07) is 2.78. The Balaban J connectivity index is 1.88. The Morgan fingerprint density at radius 1 is 1.17 bits per heavy atom. The number of nitrogen functional groups attached to an aromatic ring is 1. The van der Waals surface area contributed by atoms with E-state index in [0.29, 0.717) is 0 Å². The minimum atomic E-state index is -5.81. The van der Waals surface area contributed by atoms with Gasteiger partial charge in [-0.05, 0) is 6.07 Å². The number of fused-ring (bicyclic) bond motifs is 1. The van der Waals surface area contributed by atoms with Crippen molar-refractivity contribution in [1.29, 1.82) is 5.26 Å². The Morgan fingerprint density at radius 3 is 2.43 bits per heavy atom. The molecule has 9 N–H and O–H groups in total. The molecule has 2 aromatic rings. The van der Waals surface area contributed by atoms with E-state index >= 15 is 0 Å². The van der Waals surface area contributed by atoms with Crippen molar-refractivity contribution in [3.63, 3.8) is 0 Å². The SMILES string of the molecule is N#C[C@@]1(c2nncc3c(=O)[nH]c(N)cc23)O[C@H](COP(=O)(O)OP(=O)(O)OP(=O)(O)O)[C@@H](O)[C@H]1O. The quantitative estimate of drug-likeness (QED) is 0.163. The zero-order chi connectivity index (χ0) is 26.4. The number of nitriles is 1. The van der Waals surface area contributed by atoms with Crippen molar-refractivity contribution in [2.45, 2.75) is 23.9 Å². The molecule has 0 aromatic carbocycles. The molecule has 0 spiro atoms. The summed E-state index contributed by atoms with van der Waals surface area (Å²) in [4.78, 5) is 50.2. The smallest absolute Gasteiger partial charge is 0.387 e. The number of nitrogens with two attached hydrogens (primary N) is 1. The van der Waals surface area contributed by atoms with Gasteiger partial charge >= 0.3 is 23.5 Å². The molecule has 192 valence electrons. The monoisotopic (exact) mass is 559 g/mol. The van der Waals surface area contributed by atoms with Gasteiger partial charge in [0.2, 0.25) is 5.60 Å². The van der Waals surface area contributed by atoms with Crippen LogP contribution in [0.25, 0.3) is 10.8 Å². The maximum Gasteiger partial charge on any atom is 0.490 e. The number of hydrogen-bond acceptors (Lipinski definition) is 14. The van der Waals surface area contributed by atoms with Gasteiger partial charge in [0.15, 0.2) is 0 Å². The molecule has 1 fully saturated rings. The number of rotatable bonds is 8. The van der Waals surface area contributed by atoms with Crippen molar-refractivity contribution < 1.29 is 61.4 Å². The van der Waals surface area contributed by atoms with Crippen molar-refractivity contribution in [3.05, 3.63) is 28.3 Å². The van der Waals surface area contributed by atoms with E-state index in [-0.39, 0.29) is 16.6 Å². The minimum Gasteiger partial charge on any atom is -0.387 e. The Morgan fingerprint density at radius 2 is 1.83 bits per heavy atom. The Hall–Kier alpha value is -2.13. The van der Waals surface area contributed by atoms with Crippen LogP contribution in [0.2, 0.25) is 0 Å². The lowest BCUT2D eigenvalue weighted by Gasteiger charge is -2.24. The molecule has 3 rings (SSSR count). The molecule has 6 atom stereocenters. The number of aromatic amines is 1. The van der Waals surface area contributed by atoms with Gasteiger partial charge in [0.1, 0.15) is 35.9 Å². The molecule has 1 saturated heterocycles. The molecule has 35 heavy (non-hydrogen) atoms. The van der Waals surface area contributed by atoms with Gasteiger partial charge in [0, 0.05) is 5.39 Å². The van der Waals surface area contributed by atoms with Crippen LogP contribution in [0.1, 0.15) is 5.69 Å². The highest BCUT2D eigenvalue weighted by molar-refractivity contribution is 7.66. The largest absolute Gasteiger partial charge is 0.490 e. The standard InChI is InChI=1S/C13H16N5O14P3/c14-4-13(10-5-1-8(15)17-12(21)6(5)2-16-18-10)11(20)9(19)7(30-13)3-29-34(25,26)32-35(27,28)31-33(22,23)24/h1-2,7,9,11,19-20H,3H2,(H,25,26)(H,27,28)(H3,15,17,21)(H2,22,23,24)/t7-,9-,11-,13+/m1/s1. The van der Waals surface area contributed by atoms with E-state index in [4.69, 9.17) is 20.3 Å². The second-order valence-electron chi connectivity index (χ2n) is 6.90. The molecule has 22 heteroatoms.